The number of carbonyl (C=O) groups excluding carboxylic acids is 3. The molecule has 0 bridgehead atoms. The van der Waals surface area contributed by atoms with Gasteiger partial charge in [0, 0.05) is 18.0 Å². The van der Waals surface area contributed by atoms with Crippen LogP contribution in [0.2, 0.25) is 0 Å². The number of rotatable bonds is 7. The summed E-state index contributed by atoms with van der Waals surface area (Å²) in [5, 5.41) is 8.39. The van der Waals surface area contributed by atoms with Crippen molar-refractivity contribution in [1.82, 2.24) is 16.0 Å². The molecule has 3 atom stereocenters. The number of hydrogen-bond donors (Lipinski definition) is 4. The van der Waals surface area contributed by atoms with Gasteiger partial charge >= 0.3 is 0 Å². The minimum atomic E-state index is -0.614. The molecule has 1 rings (SSSR count). The van der Waals surface area contributed by atoms with Crippen LogP contribution in [0.4, 0.5) is 0 Å². The van der Waals surface area contributed by atoms with Gasteiger partial charge in [-0.3, -0.25) is 14.4 Å². The van der Waals surface area contributed by atoms with Crippen LogP contribution in [0, 0.1) is 11.8 Å². The van der Waals surface area contributed by atoms with Gasteiger partial charge in [-0.05, 0) is 39.0 Å². The fourth-order valence-electron chi connectivity index (χ4n) is 2.83. The normalized spacial score (nSPS) is 21.2. The molecular weight excluding hydrogens is 344 g/mol. The van der Waals surface area contributed by atoms with Gasteiger partial charge in [-0.2, -0.15) is 0 Å². The minimum Gasteiger partial charge on any atom is -0.354 e. The number of amides is 3. The predicted octanol–water partition coefficient (Wildman–Crippen LogP) is 0.707. The summed E-state index contributed by atoms with van der Waals surface area (Å²) in [6, 6.07) is -0.519. The van der Waals surface area contributed by atoms with E-state index >= 15 is 0 Å². The van der Waals surface area contributed by atoms with Crippen LogP contribution in [0.1, 0.15) is 53.4 Å². The summed E-state index contributed by atoms with van der Waals surface area (Å²) in [6.07, 6.45) is 3.26. The van der Waals surface area contributed by atoms with Crippen LogP contribution in [-0.4, -0.2) is 42.4 Å². The Morgan fingerprint density at radius 3 is 2.32 bits per heavy atom. The van der Waals surface area contributed by atoms with Crippen LogP contribution < -0.4 is 21.7 Å². The van der Waals surface area contributed by atoms with Crippen molar-refractivity contribution < 1.29 is 14.4 Å². The molecule has 0 aromatic carbocycles. The van der Waals surface area contributed by atoms with Crippen LogP contribution in [0.15, 0.2) is 0 Å². The van der Waals surface area contributed by atoms with Crippen molar-refractivity contribution in [3.8, 4) is 0 Å². The van der Waals surface area contributed by atoms with Gasteiger partial charge in [-0.25, -0.2) is 0 Å². The molecule has 8 heteroatoms. The first-order chi connectivity index (χ1) is 11.2. The molecule has 3 amide bonds. The Hall–Kier alpha value is -1.34. The Labute approximate surface area is 156 Å². The van der Waals surface area contributed by atoms with Gasteiger partial charge in [-0.15, -0.1) is 12.4 Å². The van der Waals surface area contributed by atoms with Gasteiger partial charge < -0.3 is 21.7 Å². The molecule has 146 valence electrons. The molecule has 0 aromatic heterocycles. The average Bonchev–Trinajstić information content (AvgIpc) is 2.51. The third kappa shape index (κ3) is 8.54. The Morgan fingerprint density at radius 1 is 1.12 bits per heavy atom. The minimum absolute atomic E-state index is 0. The van der Waals surface area contributed by atoms with Gasteiger partial charge in [0.25, 0.3) is 0 Å². The highest BCUT2D eigenvalue weighted by Crippen LogP contribution is 2.24. The van der Waals surface area contributed by atoms with E-state index in [-0.39, 0.29) is 60.6 Å². The molecule has 7 nitrogen and oxygen atoms in total. The predicted molar refractivity (Wildman–Crippen MR) is 100 cm³/mol. The monoisotopic (exact) mass is 376 g/mol. The van der Waals surface area contributed by atoms with E-state index in [1.54, 1.807) is 0 Å². The Bertz CT molecular complexity index is 457. The smallest absolute Gasteiger partial charge is 0.239 e. The zero-order chi connectivity index (χ0) is 18.3. The summed E-state index contributed by atoms with van der Waals surface area (Å²) in [6.45, 7) is 7.50. The zero-order valence-electron chi connectivity index (χ0n) is 15.6. The molecule has 0 aliphatic heterocycles. The van der Waals surface area contributed by atoms with E-state index in [4.69, 9.17) is 5.73 Å². The SMILES string of the molecule is CC(C)NC(=O)C1CCCC(NC(=O)CNC(=O)[C@@H](N)C(C)C)C1.Cl. The molecular formula is C17H33ClN4O3. The lowest BCUT2D eigenvalue weighted by atomic mass is 9.85. The molecule has 0 radical (unpaired) electrons. The Balaban J connectivity index is 0.00000576. The maximum Gasteiger partial charge on any atom is 0.239 e. The standard InChI is InChI=1S/C17H32N4O3.ClH/c1-10(2)15(18)17(24)19-9-14(22)21-13-7-5-6-12(8-13)16(23)20-11(3)4;/h10-13,15H,5-9,18H2,1-4H3,(H,19,24)(H,20,23)(H,21,22);1H/t12?,13?,15-;/m0./s1. The molecule has 2 unspecified atom stereocenters. The van der Waals surface area contributed by atoms with Crippen molar-refractivity contribution in [2.45, 2.75) is 71.5 Å². The van der Waals surface area contributed by atoms with Crippen molar-refractivity contribution in [3.05, 3.63) is 0 Å². The molecule has 1 aliphatic carbocycles. The highest BCUT2D eigenvalue weighted by molar-refractivity contribution is 5.87. The van der Waals surface area contributed by atoms with Crippen molar-refractivity contribution in [2.75, 3.05) is 6.54 Å². The first-order valence-corrected chi connectivity index (χ1v) is 8.83. The van der Waals surface area contributed by atoms with Crippen molar-refractivity contribution in [3.63, 3.8) is 0 Å². The molecule has 1 saturated carbocycles. The second-order valence-electron chi connectivity index (χ2n) is 7.28. The van der Waals surface area contributed by atoms with Crippen molar-refractivity contribution >= 4 is 30.1 Å². The topological polar surface area (TPSA) is 113 Å². The van der Waals surface area contributed by atoms with Gasteiger partial charge in [0.15, 0.2) is 0 Å². The number of hydrogen-bond acceptors (Lipinski definition) is 4. The molecule has 1 fully saturated rings. The fraction of sp³-hybridized carbons (Fsp3) is 0.824. The van der Waals surface area contributed by atoms with Crippen LogP contribution in [0.5, 0.6) is 0 Å². The first kappa shape index (κ1) is 23.7. The lowest BCUT2D eigenvalue weighted by Crippen LogP contribution is -2.49. The molecule has 0 spiro atoms. The van der Waals surface area contributed by atoms with Crippen molar-refractivity contribution in [2.24, 2.45) is 17.6 Å². The van der Waals surface area contributed by atoms with Gasteiger partial charge in [0.2, 0.25) is 17.7 Å². The average molecular weight is 377 g/mol. The van der Waals surface area contributed by atoms with E-state index in [0.717, 1.165) is 19.3 Å². The third-order valence-electron chi connectivity index (χ3n) is 4.29. The van der Waals surface area contributed by atoms with E-state index in [9.17, 15) is 14.4 Å². The molecule has 25 heavy (non-hydrogen) atoms. The number of halogens is 1. The van der Waals surface area contributed by atoms with E-state index in [1.165, 1.54) is 0 Å². The maximum atomic E-state index is 12.1. The third-order valence-corrected chi connectivity index (χ3v) is 4.29. The number of carbonyl (C=O) groups is 3. The Morgan fingerprint density at radius 2 is 1.76 bits per heavy atom. The second-order valence-corrected chi connectivity index (χ2v) is 7.28. The summed E-state index contributed by atoms with van der Waals surface area (Å²) in [5.41, 5.74) is 5.73. The van der Waals surface area contributed by atoms with E-state index in [0.29, 0.717) is 6.42 Å². The highest BCUT2D eigenvalue weighted by atomic mass is 35.5. The largest absolute Gasteiger partial charge is 0.354 e. The second kappa shape index (κ2) is 11.3. The summed E-state index contributed by atoms with van der Waals surface area (Å²) in [7, 11) is 0. The van der Waals surface area contributed by atoms with E-state index in [1.807, 2.05) is 27.7 Å². The van der Waals surface area contributed by atoms with E-state index < -0.39 is 6.04 Å². The molecule has 0 heterocycles. The number of nitrogens with one attached hydrogen (secondary N) is 3. The van der Waals surface area contributed by atoms with Gasteiger partial charge in [0.1, 0.15) is 0 Å². The Kier molecular flexibility index (Phi) is 10.7. The highest BCUT2D eigenvalue weighted by Gasteiger charge is 2.28. The molecule has 0 saturated heterocycles. The lowest BCUT2D eigenvalue weighted by molar-refractivity contribution is -0.129. The number of nitrogens with two attached hydrogens (primary N) is 1. The molecule has 0 aromatic rings. The fourth-order valence-corrected chi connectivity index (χ4v) is 2.83. The van der Waals surface area contributed by atoms with Gasteiger partial charge in [-0.1, -0.05) is 20.3 Å². The lowest BCUT2D eigenvalue weighted by Gasteiger charge is -2.29. The molecule has 5 N–H and O–H groups in total. The summed E-state index contributed by atoms with van der Waals surface area (Å²) in [5.74, 6) is -0.547. The summed E-state index contributed by atoms with van der Waals surface area (Å²) in [4.78, 5) is 35.9. The first-order valence-electron chi connectivity index (χ1n) is 8.83. The van der Waals surface area contributed by atoms with Crippen LogP contribution in [0.25, 0.3) is 0 Å². The van der Waals surface area contributed by atoms with Crippen molar-refractivity contribution in [1.29, 1.82) is 0 Å². The van der Waals surface area contributed by atoms with Crippen LogP contribution in [-0.2, 0) is 14.4 Å². The molecule has 1 aliphatic rings. The summed E-state index contributed by atoms with van der Waals surface area (Å²) < 4.78 is 0. The summed E-state index contributed by atoms with van der Waals surface area (Å²) >= 11 is 0. The van der Waals surface area contributed by atoms with Crippen LogP contribution >= 0.6 is 12.4 Å². The van der Waals surface area contributed by atoms with Crippen LogP contribution in [0.3, 0.4) is 0 Å². The maximum absolute atomic E-state index is 12.1. The quantitative estimate of drug-likeness (QED) is 0.524. The van der Waals surface area contributed by atoms with E-state index in [2.05, 4.69) is 16.0 Å². The zero-order valence-corrected chi connectivity index (χ0v) is 16.4. The van der Waals surface area contributed by atoms with Gasteiger partial charge in [0.05, 0.1) is 12.6 Å².